The Hall–Kier alpha value is -0.940. The van der Waals surface area contributed by atoms with Gasteiger partial charge in [-0.25, -0.2) is 4.79 Å². The van der Waals surface area contributed by atoms with Crippen LogP contribution in [0.5, 0.6) is 5.75 Å². The third-order valence-corrected chi connectivity index (χ3v) is 4.24. The normalized spacial score (nSPS) is 21.4. The molecule has 0 radical (unpaired) electrons. The molecule has 1 aliphatic rings. The van der Waals surface area contributed by atoms with Crippen LogP contribution in [0.2, 0.25) is 5.02 Å². The Balaban J connectivity index is 1.74. The minimum Gasteiger partial charge on any atom is -0.490 e. The summed E-state index contributed by atoms with van der Waals surface area (Å²) in [7, 11) is 0. The number of ether oxygens (including phenoxy) is 2. The van der Waals surface area contributed by atoms with E-state index < -0.39 is 5.60 Å². The summed E-state index contributed by atoms with van der Waals surface area (Å²) in [6.07, 6.45) is 1.26. The van der Waals surface area contributed by atoms with Gasteiger partial charge in [-0.2, -0.15) is 0 Å². The number of carbonyl (C=O) groups excluding carboxylic acids is 1. The van der Waals surface area contributed by atoms with E-state index in [1.165, 1.54) is 0 Å². The fourth-order valence-corrected chi connectivity index (χ4v) is 2.41. The molecule has 1 fully saturated rings. The molecule has 0 heterocycles. The highest BCUT2D eigenvalue weighted by Gasteiger charge is 2.33. The van der Waals surface area contributed by atoms with Crippen LogP contribution in [0.4, 0.5) is 4.79 Å². The van der Waals surface area contributed by atoms with E-state index >= 15 is 0 Å². The molecule has 1 aromatic rings. The summed E-state index contributed by atoms with van der Waals surface area (Å²) >= 11 is 9.36. The van der Waals surface area contributed by atoms with Crippen LogP contribution in [0, 0.1) is 0 Å². The second-order valence-electron chi connectivity index (χ2n) is 6.13. The van der Waals surface area contributed by atoms with Gasteiger partial charge in [0.2, 0.25) is 0 Å². The van der Waals surface area contributed by atoms with Crippen molar-refractivity contribution in [3.05, 3.63) is 27.7 Å². The average Bonchev–Trinajstić information content (AvgIpc) is 2.28. The fourth-order valence-electron chi connectivity index (χ4n) is 2.00. The number of alkyl carbamates (subject to hydrolysis) is 1. The summed E-state index contributed by atoms with van der Waals surface area (Å²) in [4.78, 5) is 11.6. The van der Waals surface area contributed by atoms with E-state index in [-0.39, 0.29) is 18.2 Å². The summed E-state index contributed by atoms with van der Waals surface area (Å²) in [5.74, 6) is 0.740. The van der Waals surface area contributed by atoms with Gasteiger partial charge >= 0.3 is 6.09 Å². The molecule has 0 spiro atoms. The maximum absolute atomic E-state index is 11.6. The molecule has 0 saturated heterocycles. The average molecular weight is 377 g/mol. The largest absolute Gasteiger partial charge is 0.490 e. The maximum Gasteiger partial charge on any atom is 0.407 e. The van der Waals surface area contributed by atoms with Crippen LogP contribution in [0.25, 0.3) is 0 Å². The van der Waals surface area contributed by atoms with E-state index in [2.05, 4.69) is 21.2 Å². The number of hydrogen-bond donors (Lipinski definition) is 1. The molecule has 0 aromatic heterocycles. The van der Waals surface area contributed by atoms with Gasteiger partial charge < -0.3 is 14.8 Å². The highest BCUT2D eigenvalue weighted by atomic mass is 79.9. The van der Waals surface area contributed by atoms with Crippen molar-refractivity contribution in [3.63, 3.8) is 0 Å². The van der Waals surface area contributed by atoms with E-state index in [1.807, 2.05) is 32.9 Å². The molecule has 6 heteroatoms. The van der Waals surface area contributed by atoms with Crippen LogP contribution in [0.3, 0.4) is 0 Å². The van der Waals surface area contributed by atoms with Crippen molar-refractivity contribution in [2.75, 3.05) is 0 Å². The number of halogens is 2. The van der Waals surface area contributed by atoms with Crippen molar-refractivity contribution in [1.82, 2.24) is 5.32 Å². The van der Waals surface area contributed by atoms with Crippen LogP contribution in [-0.4, -0.2) is 23.8 Å². The maximum atomic E-state index is 11.6. The summed E-state index contributed by atoms with van der Waals surface area (Å²) in [5, 5.41) is 3.46. The van der Waals surface area contributed by atoms with Gasteiger partial charge in [0, 0.05) is 23.4 Å². The van der Waals surface area contributed by atoms with Gasteiger partial charge in [0.25, 0.3) is 0 Å². The van der Waals surface area contributed by atoms with Crippen molar-refractivity contribution in [2.24, 2.45) is 0 Å². The Morgan fingerprint density at radius 2 is 2.05 bits per heavy atom. The number of carbonyl (C=O) groups is 1. The van der Waals surface area contributed by atoms with Crippen molar-refractivity contribution < 1.29 is 14.3 Å². The Morgan fingerprint density at radius 3 is 2.62 bits per heavy atom. The Kier molecular flexibility index (Phi) is 5.04. The lowest BCUT2D eigenvalue weighted by atomic mass is 9.89. The van der Waals surface area contributed by atoms with Crippen LogP contribution in [0.1, 0.15) is 33.6 Å². The number of rotatable bonds is 3. The Bertz CT molecular complexity index is 524. The van der Waals surface area contributed by atoms with Gasteiger partial charge in [-0.05, 0) is 54.9 Å². The molecule has 1 aromatic carbocycles. The van der Waals surface area contributed by atoms with E-state index in [0.29, 0.717) is 5.02 Å². The number of hydrogen-bond acceptors (Lipinski definition) is 3. The molecule has 116 valence electrons. The molecule has 0 aliphatic heterocycles. The highest BCUT2D eigenvalue weighted by molar-refractivity contribution is 9.10. The molecule has 0 unspecified atom stereocenters. The molecule has 0 atom stereocenters. The smallest absolute Gasteiger partial charge is 0.407 e. The molecule has 2 rings (SSSR count). The first-order valence-corrected chi connectivity index (χ1v) is 8.01. The molecule has 0 bridgehead atoms. The van der Waals surface area contributed by atoms with Crippen molar-refractivity contribution in [1.29, 1.82) is 0 Å². The lowest BCUT2D eigenvalue weighted by Crippen LogP contribution is -2.50. The van der Waals surface area contributed by atoms with Crippen molar-refractivity contribution in [2.45, 2.75) is 51.4 Å². The monoisotopic (exact) mass is 375 g/mol. The topological polar surface area (TPSA) is 47.6 Å². The number of benzene rings is 1. The fraction of sp³-hybridized carbons (Fsp3) is 0.533. The van der Waals surface area contributed by atoms with Crippen LogP contribution in [0.15, 0.2) is 22.7 Å². The molecule has 1 N–H and O–H groups in total. The lowest BCUT2D eigenvalue weighted by molar-refractivity contribution is 0.0363. The van der Waals surface area contributed by atoms with Crippen LogP contribution < -0.4 is 10.1 Å². The molecule has 4 nitrogen and oxygen atoms in total. The second kappa shape index (κ2) is 6.44. The molecule has 1 aliphatic carbocycles. The van der Waals surface area contributed by atoms with Crippen LogP contribution in [-0.2, 0) is 4.74 Å². The van der Waals surface area contributed by atoms with E-state index in [9.17, 15) is 4.79 Å². The lowest BCUT2D eigenvalue weighted by Gasteiger charge is -2.36. The summed E-state index contributed by atoms with van der Waals surface area (Å²) < 4.78 is 11.9. The van der Waals surface area contributed by atoms with Gasteiger partial charge in [-0.1, -0.05) is 11.6 Å². The van der Waals surface area contributed by atoms with E-state index in [1.54, 1.807) is 6.07 Å². The molecule has 1 amide bonds. The minimum atomic E-state index is -0.474. The van der Waals surface area contributed by atoms with Gasteiger partial charge in [0.15, 0.2) is 0 Å². The van der Waals surface area contributed by atoms with Crippen LogP contribution >= 0.6 is 27.5 Å². The SMILES string of the molecule is CC(C)(C)OC(=O)N[C@H]1C[C@H](Oc2ccc(Br)c(Cl)c2)C1. The van der Waals surface area contributed by atoms with Gasteiger partial charge in [-0.15, -0.1) is 0 Å². The standard InChI is InChI=1S/C15H19BrClNO3/c1-15(2,3)21-14(19)18-9-6-11(7-9)20-10-4-5-12(16)13(17)8-10/h4-5,8-9,11H,6-7H2,1-3H3,(H,18,19)/t9-,11-. The summed E-state index contributed by atoms with van der Waals surface area (Å²) in [6.45, 7) is 5.53. The molecule has 21 heavy (non-hydrogen) atoms. The number of nitrogens with one attached hydrogen (secondary N) is 1. The van der Waals surface area contributed by atoms with E-state index in [4.69, 9.17) is 21.1 Å². The van der Waals surface area contributed by atoms with Crippen molar-refractivity contribution in [3.8, 4) is 5.75 Å². The Labute approximate surface area is 138 Å². The quantitative estimate of drug-likeness (QED) is 0.842. The Morgan fingerprint density at radius 1 is 1.38 bits per heavy atom. The predicted molar refractivity (Wildman–Crippen MR) is 86.0 cm³/mol. The van der Waals surface area contributed by atoms with Gasteiger partial charge in [-0.3, -0.25) is 0 Å². The summed E-state index contributed by atoms with van der Waals surface area (Å²) in [5.41, 5.74) is -0.474. The third-order valence-electron chi connectivity index (χ3n) is 3.01. The van der Waals surface area contributed by atoms with Gasteiger partial charge in [0.05, 0.1) is 5.02 Å². The molecule has 1 saturated carbocycles. The second-order valence-corrected chi connectivity index (χ2v) is 7.39. The zero-order valence-electron chi connectivity index (χ0n) is 12.3. The number of amides is 1. The first-order valence-electron chi connectivity index (χ1n) is 6.84. The molecular formula is C15H19BrClNO3. The van der Waals surface area contributed by atoms with Crippen molar-refractivity contribution >= 4 is 33.6 Å². The summed E-state index contributed by atoms with van der Waals surface area (Å²) in [6, 6.07) is 5.60. The first-order chi connectivity index (χ1) is 9.73. The van der Waals surface area contributed by atoms with Gasteiger partial charge in [0.1, 0.15) is 17.5 Å². The zero-order chi connectivity index (χ0) is 15.6. The first kappa shape index (κ1) is 16.4. The molecular weight excluding hydrogens is 358 g/mol. The highest BCUT2D eigenvalue weighted by Crippen LogP contribution is 2.31. The predicted octanol–water partition coefficient (Wildman–Crippen LogP) is 4.54. The minimum absolute atomic E-state index is 0.0992. The third kappa shape index (κ3) is 5.08. The zero-order valence-corrected chi connectivity index (χ0v) is 14.6. The van der Waals surface area contributed by atoms with E-state index in [0.717, 1.165) is 23.1 Å².